The molecule has 112 valence electrons. The molecule has 0 aliphatic carbocycles. The first-order valence-corrected chi connectivity index (χ1v) is 6.56. The van der Waals surface area contributed by atoms with Crippen LogP contribution in [0.15, 0.2) is 30.3 Å². The summed E-state index contributed by atoms with van der Waals surface area (Å²) in [5.41, 5.74) is 0.182. The highest BCUT2D eigenvalue weighted by Crippen LogP contribution is 2.26. The average Bonchev–Trinajstić information content (AvgIpc) is 2.46. The van der Waals surface area contributed by atoms with E-state index in [1.807, 2.05) is 0 Å². The topological polar surface area (TPSA) is 12.0 Å². The quantitative estimate of drug-likeness (QED) is 0.651. The highest BCUT2D eigenvalue weighted by molar-refractivity contribution is 6.30. The number of hydrogen-bond donors (Lipinski definition) is 1. The average molecular weight is 318 g/mol. The highest BCUT2D eigenvalue weighted by Gasteiger charge is 2.21. The summed E-state index contributed by atoms with van der Waals surface area (Å²) < 4.78 is 53.8. The van der Waals surface area contributed by atoms with Crippen molar-refractivity contribution < 1.29 is 17.6 Å². The summed E-state index contributed by atoms with van der Waals surface area (Å²) in [5, 5.41) is 3.10. The molecule has 0 radical (unpaired) electrons. The standard InChI is InChI=1S/C15H12ClF4N/c1-21-13(7-8-6-9(16)2-4-11(8)17)10-3-5-12(18)15(20)14(10)19/h2-6,13,21H,7H2,1H3. The summed E-state index contributed by atoms with van der Waals surface area (Å²) in [6.45, 7) is 0. The van der Waals surface area contributed by atoms with Crippen molar-refractivity contribution in [1.82, 2.24) is 5.32 Å². The van der Waals surface area contributed by atoms with Gasteiger partial charge in [0.05, 0.1) is 0 Å². The van der Waals surface area contributed by atoms with E-state index >= 15 is 0 Å². The zero-order valence-electron chi connectivity index (χ0n) is 11.1. The second kappa shape index (κ2) is 6.45. The van der Waals surface area contributed by atoms with Crippen molar-refractivity contribution in [3.63, 3.8) is 0 Å². The molecule has 2 aromatic carbocycles. The predicted molar refractivity (Wildman–Crippen MR) is 73.2 cm³/mol. The van der Waals surface area contributed by atoms with E-state index in [0.29, 0.717) is 5.02 Å². The molecule has 21 heavy (non-hydrogen) atoms. The monoisotopic (exact) mass is 317 g/mol. The third kappa shape index (κ3) is 3.36. The highest BCUT2D eigenvalue weighted by atomic mass is 35.5. The molecule has 0 heterocycles. The Morgan fingerprint density at radius 2 is 1.67 bits per heavy atom. The molecular weight excluding hydrogens is 306 g/mol. The molecular formula is C15H12ClF4N. The third-order valence-corrected chi connectivity index (χ3v) is 3.46. The zero-order chi connectivity index (χ0) is 15.6. The molecule has 1 unspecified atom stereocenters. The SMILES string of the molecule is CNC(Cc1cc(Cl)ccc1F)c1ccc(F)c(F)c1F. The summed E-state index contributed by atoms with van der Waals surface area (Å²) in [5.74, 6) is -4.58. The second-order valence-corrected chi connectivity index (χ2v) is 4.98. The minimum Gasteiger partial charge on any atom is -0.313 e. The van der Waals surface area contributed by atoms with Crippen LogP contribution in [0.25, 0.3) is 0 Å². The van der Waals surface area contributed by atoms with Gasteiger partial charge in [0.25, 0.3) is 0 Å². The van der Waals surface area contributed by atoms with Crippen molar-refractivity contribution in [2.45, 2.75) is 12.5 Å². The molecule has 0 spiro atoms. The first-order valence-electron chi connectivity index (χ1n) is 6.18. The molecule has 0 amide bonds. The normalized spacial score (nSPS) is 12.5. The van der Waals surface area contributed by atoms with Gasteiger partial charge in [0.15, 0.2) is 17.5 Å². The summed E-state index contributed by atoms with van der Waals surface area (Å²) in [4.78, 5) is 0. The Labute approximate surface area is 124 Å². The first-order chi connectivity index (χ1) is 9.93. The van der Waals surface area contributed by atoms with Gasteiger partial charge in [-0.05, 0) is 43.3 Å². The molecule has 0 aliphatic rings. The molecule has 0 aromatic heterocycles. The molecule has 0 saturated heterocycles. The first kappa shape index (κ1) is 15.8. The smallest absolute Gasteiger partial charge is 0.194 e. The van der Waals surface area contributed by atoms with E-state index in [4.69, 9.17) is 11.6 Å². The van der Waals surface area contributed by atoms with E-state index < -0.39 is 29.3 Å². The lowest BCUT2D eigenvalue weighted by Crippen LogP contribution is -2.21. The zero-order valence-corrected chi connectivity index (χ0v) is 11.8. The Hall–Kier alpha value is -1.59. The van der Waals surface area contributed by atoms with Gasteiger partial charge in [-0.15, -0.1) is 0 Å². The van der Waals surface area contributed by atoms with Crippen molar-refractivity contribution in [3.05, 3.63) is 69.8 Å². The van der Waals surface area contributed by atoms with Crippen molar-refractivity contribution in [2.75, 3.05) is 7.05 Å². The van der Waals surface area contributed by atoms with Crippen molar-refractivity contribution >= 4 is 11.6 Å². The van der Waals surface area contributed by atoms with Gasteiger partial charge >= 0.3 is 0 Å². The Balaban J connectivity index is 2.37. The van der Waals surface area contributed by atoms with Gasteiger partial charge in [-0.2, -0.15) is 0 Å². The second-order valence-electron chi connectivity index (χ2n) is 4.55. The molecule has 0 aliphatic heterocycles. The Morgan fingerprint density at radius 1 is 1.00 bits per heavy atom. The van der Waals surface area contributed by atoms with E-state index in [2.05, 4.69) is 5.32 Å². The Kier molecular flexibility index (Phi) is 4.85. The van der Waals surface area contributed by atoms with E-state index in [9.17, 15) is 17.6 Å². The van der Waals surface area contributed by atoms with Crippen molar-refractivity contribution in [3.8, 4) is 0 Å². The number of hydrogen-bond acceptors (Lipinski definition) is 1. The fraction of sp³-hybridized carbons (Fsp3) is 0.200. The maximum absolute atomic E-state index is 13.8. The predicted octanol–water partition coefficient (Wildman–Crippen LogP) is 4.40. The number of likely N-dealkylation sites (N-methyl/N-ethyl adjacent to an activating group) is 1. The maximum atomic E-state index is 13.8. The maximum Gasteiger partial charge on any atom is 0.194 e. The van der Waals surface area contributed by atoms with Crippen LogP contribution in [0.1, 0.15) is 17.2 Å². The summed E-state index contributed by atoms with van der Waals surface area (Å²) >= 11 is 5.80. The van der Waals surface area contributed by atoms with Crippen LogP contribution in [0.3, 0.4) is 0 Å². The molecule has 2 aromatic rings. The fourth-order valence-corrected chi connectivity index (χ4v) is 2.29. The molecule has 1 nitrogen and oxygen atoms in total. The molecule has 0 saturated carbocycles. The largest absolute Gasteiger partial charge is 0.313 e. The van der Waals surface area contributed by atoms with Gasteiger partial charge in [-0.25, -0.2) is 17.6 Å². The fourth-order valence-electron chi connectivity index (χ4n) is 2.10. The summed E-state index contributed by atoms with van der Waals surface area (Å²) in [6, 6.07) is 5.27. The Morgan fingerprint density at radius 3 is 2.33 bits per heavy atom. The number of nitrogens with one attached hydrogen (secondary N) is 1. The van der Waals surface area contributed by atoms with Crippen LogP contribution < -0.4 is 5.32 Å². The van der Waals surface area contributed by atoms with Crippen LogP contribution in [-0.4, -0.2) is 7.05 Å². The lowest BCUT2D eigenvalue weighted by Gasteiger charge is -2.18. The van der Waals surface area contributed by atoms with Gasteiger partial charge in [-0.1, -0.05) is 17.7 Å². The molecule has 1 N–H and O–H groups in total. The molecule has 0 bridgehead atoms. The number of halogens is 5. The van der Waals surface area contributed by atoms with Crippen LogP contribution in [0.4, 0.5) is 17.6 Å². The lowest BCUT2D eigenvalue weighted by molar-refractivity contribution is 0.427. The summed E-state index contributed by atoms with van der Waals surface area (Å²) in [6.07, 6.45) is 0.0465. The molecule has 2 rings (SSSR count). The molecule has 6 heteroatoms. The minimum atomic E-state index is -1.54. The number of benzene rings is 2. The van der Waals surface area contributed by atoms with Crippen LogP contribution in [0.5, 0.6) is 0 Å². The van der Waals surface area contributed by atoms with Gasteiger partial charge in [0.1, 0.15) is 5.82 Å². The van der Waals surface area contributed by atoms with Gasteiger partial charge in [-0.3, -0.25) is 0 Å². The lowest BCUT2D eigenvalue weighted by atomic mass is 9.98. The van der Waals surface area contributed by atoms with Crippen LogP contribution in [-0.2, 0) is 6.42 Å². The van der Waals surface area contributed by atoms with Crippen molar-refractivity contribution in [2.24, 2.45) is 0 Å². The summed E-state index contributed by atoms with van der Waals surface area (Å²) in [7, 11) is 1.52. The van der Waals surface area contributed by atoms with Gasteiger partial charge in [0.2, 0.25) is 0 Å². The van der Waals surface area contributed by atoms with E-state index in [1.54, 1.807) is 0 Å². The number of rotatable bonds is 4. The van der Waals surface area contributed by atoms with Crippen molar-refractivity contribution in [1.29, 1.82) is 0 Å². The van der Waals surface area contributed by atoms with Crippen LogP contribution in [0.2, 0.25) is 5.02 Å². The third-order valence-electron chi connectivity index (χ3n) is 3.22. The van der Waals surface area contributed by atoms with E-state index in [0.717, 1.165) is 12.1 Å². The minimum absolute atomic E-state index is 0.0465. The molecule has 1 atom stereocenters. The van der Waals surface area contributed by atoms with E-state index in [-0.39, 0.29) is 17.5 Å². The van der Waals surface area contributed by atoms with Gasteiger partial charge < -0.3 is 5.32 Å². The van der Waals surface area contributed by atoms with Crippen LogP contribution in [0, 0.1) is 23.3 Å². The molecule has 0 fully saturated rings. The van der Waals surface area contributed by atoms with E-state index in [1.165, 1.54) is 25.2 Å². The van der Waals surface area contributed by atoms with Crippen LogP contribution >= 0.6 is 11.6 Å². The van der Waals surface area contributed by atoms with Gasteiger partial charge in [0, 0.05) is 16.6 Å². The Bertz CT molecular complexity index is 660.